The van der Waals surface area contributed by atoms with Gasteiger partial charge in [-0.05, 0) is 84.0 Å². The molecule has 194 valence electrons. The van der Waals surface area contributed by atoms with Crippen LogP contribution < -0.4 is 0 Å². The second-order valence-electron chi connectivity index (χ2n) is 8.92. The molecule has 0 aliphatic rings. The summed E-state index contributed by atoms with van der Waals surface area (Å²) in [7, 11) is 0. The zero-order chi connectivity index (χ0) is 26.9. The van der Waals surface area contributed by atoms with E-state index in [0.717, 1.165) is 5.56 Å². The monoisotopic (exact) mass is 522 g/mol. The molecule has 0 bridgehead atoms. The summed E-state index contributed by atoms with van der Waals surface area (Å²) in [5, 5.41) is 0.850. The standard InChI is InChI=1S/C29H22F8/c1-2-16-12-23(30)22(24(31)13-16)10-5-17-4-9-21-20(11-17)8-7-19(28(21)34)6-3-18-14-25(32)27(26(33)15-18)29(35,36)37/h4,7-9,11-15H,2-3,5-6,10H2,1H3. The molecule has 8 heteroatoms. The Morgan fingerprint density at radius 3 is 1.78 bits per heavy atom. The quantitative estimate of drug-likeness (QED) is 0.213. The summed E-state index contributed by atoms with van der Waals surface area (Å²) >= 11 is 0. The lowest BCUT2D eigenvalue weighted by Crippen LogP contribution is -2.12. The van der Waals surface area contributed by atoms with Crippen LogP contribution >= 0.6 is 0 Å². The van der Waals surface area contributed by atoms with Crippen molar-refractivity contribution in [2.24, 2.45) is 0 Å². The number of rotatable bonds is 7. The summed E-state index contributed by atoms with van der Waals surface area (Å²) in [6.45, 7) is 1.81. The number of hydrogen-bond donors (Lipinski definition) is 0. The predicted molar refractivity (Wildman–Crippen MR) is 126 cm³/mol. The van der Waals surface area contributed by atoms with Gasteiger partial charge in [0.05, 0.1) is 0 Å². The van der Waals surface area contributed by atoms with Crippen molar-refractivity contribution in [2.75, 3.05) is 0 Å². The summed E-state index contributed by atoms with van der Waals surface area (Å²) in [6, 6.07) is 12.0. The molecule has 4 rings (SSSR count). The van der Waals surface area contributed by atoms with Gasteiger partial charge in [-0.3, -0.25) is 0 Å². The van der Waals surface area contributed by atoms with Crippen LogP contribution in [0.3, 0.4) is 0 Å². The van der Waals surface area contributed by atoms with Crippen molar-refractivity contribution in [2.45, 2.75) is 45.2 Å². The normalized spacial score (nSPS) is 11.9. The van der Waals surface area contributed by atoms with Crippen molar-refractivity contribution in [3.63, 3.8) is 0 Å². The molecule has 0 nitrogen and oxygen atoms in total. The van der Waals surface area contributed by atoms with E-state index in [2.05, 4.69) is 0 Å². The average molecular weight is 522 g/mol. The van der Waals surface area contributed by atoms with Crippen LogP contribution in [0.15, 0.2) is 54.6 Å². The van der Waals surface area contributed by atoms with Gasteiger partial charge in [-0.15, -0.1) is 0 Å². The van der Waals surface area contributed by atoms with Crippen molar-refractivity contribution < 1.29 is 35.1 Å². The number of fused-ring (bicyclic) bond motifs is 1. The first kappa shape index (κ1) is 26.6. The topological polar surface area (TPSA) is 0 Å². The van der Waals surface area contributed by atoms with E-state index in [0.29, 0.717) is 35.9 Å². The molecule has 0 N–H and O–H groups in total. The number of aryl methyl sites for hydroxylation is 4. The van der Waals surface area contributed by atoms with E-state index in [9.17, 15) is 30.7 Å². The minimum absolute atomic E-state index is 0.00466. The molecular weight excluding hydrogens is 500 g/mol. The second-order valence-corrected chi connectivity index (χ2v) is 8.92. The second kappa shape index (κ2) is 10.5. The molecule has 0 heterocycles. The highest BCUT2D eigenvalue weighted by atomic mass is 19.4. The minimum atomic E-state index is -5.15. The first-order valence-electron chi connectivity index (χ1n) is 11.7. The van der Waals surface area contributed by atoms with Crippen LogP contribution in [0, 0.1) is 29.1 Å². The largest absolute Gasteiger partial charge is 0.422 e. The Labute approximate surface area is 208 Å². The van der Waals surface area contributed by atoms with E-state index < -0.39 is 40.8 Å². The van der Waals surface area contributed by atoms with Gasteiger partial charge >= 0.3 is 6.18 Å². The molecule has 0 saturated carbocycles. The van der Waals surface area contributed by atoms with Gasteiger partial charge in [-0.2, -0.15) is 13.2 Å². The van der Waals surface area contributed by atoms with Crippen molar-refractivity contribution >= 4 is 10.8 Å². The van der Waals surface area contributed by atoms with Crippen LogP contribution in [0.2, 0.25) is 0 Å². The molecule has 0 atom stereocenters. The molecule has 0 saturated heterocycles. The van der Waals surface area contributed by atoms with Crippen molar-refractivity contribution in [1.82, 2.24) is 0 Å². The van der Waals surface area contributed by atoms with Gasteiger partial charge in [-0.1, -0.05) is 37.3 Å². The van der Waals surface area contributed by atoms with Gasteiger partial charge < -0.3 is 0 Å². The maximum Gasteiger partial charge on any atom is 0.422 e. The Hall–Kier alpha value is -3.42. The lowest BCUT2D eigenvalue weighted by molar-refractivity contribution is -0.142. The minimum Gasteiger partial charge on any atom is -0.207 e. The number of alkyl halides is 3. The van der Waals surface area contributed by atoms with Gasteiger partial charge in [0.15, 0.2) is 0 Å². The van der Waals surface area contributed by atoms with Crippen LogP contribution in [0.25, 0.3) is 10.8 Å². The summed E-state index contributed by atoms with van der Waals surface area (Å²) in [5.74, 6) is -5.17. The van der Waals surface area contributed by atoms with Crippen molar-refractivity contribution in [1.29, 1.82) is 0 Å². The fourth-order valence-electron chi connectivity index (χ4n) is 4.42. The zero-order valence-electron chi connectivity index (χ0n) is 19.8. The molecule has 0 amide bonds. The highest BCUT2D eigenvalue weighted by Crippen LogP contribution is 2.34. The highest BCUT2D eigenvalue weighted by molar-refractivity contribution is 5.84. The molecule has 0 aliphatic carbocycles. The molecule has 37 heavy (non-hydrogen) atoms. The summed E-state index contributed by atoms with van der Waals surface area (Å²) < 4.78 is 110. The third-order valence-electron chi connectivity index (χ3n) is 6.44. The van der Waals surface area contributed by atoms with Crippen LogP contribution in [0.4, 0.5) is 35.1 Å². The molecular formula is C29H22F8. The number of hydrogen-bond acceptors (Lipinski definition) is 0. The molecule has 0 radical (unpaired) electrons. The van der Waals surface area contributed by atoms with E-state index >= 15 is 4.39 Å². The van der Waals surface area contributed by atoms with E-state index in [1.165, 1.54) is 18.2 Å². The third kappa shape index (κ3) is 5.78. The predicted octanol–water partition coefficient (Wildman–Crippen LogP) is 8.69. The maximum absolute atomic E-state index is 15.1. The zero-order valence-corrected chi connectivity index (χ0v) is 19.8. The SMILES string of the molecule is CCc1cc(F)c(CCc2ccc3c(F)c(CCc4cc(F)c(C(F)(F)F)c(F)c4)ccc3c2)c(F)c1. The van der Waals surface area contributed by atoms with Gasteiger partial charge in [0.1, 0.15) is 34.6 Å². The van der Waals surface area contributed by atoms with Gasteiger partial charge in [-0.25, -0.2) is 22.0 Å². The molecule has 0 aromatic heterocycles. The Morgan fingerprint density at radius 2 is 1.19 bits per heavy atom. The lowest BCUT2D eigenvalue weighted by atomic mass is 9.96. The van der Waals surface area contributed by atoms with E-state index in [-0.39, 0.29) is 41.3 Å². The summed E-state index contributed by atoms with van der Waals surface area (Å²) in [5.41, 5.74) is -0.411. The first-order valence-corrected chi connectivity index (χ1v) is 11.7. The fraction of sp³-hybridized carbons (Fsp3) is 0.241. The molecule has 0 spiro atoms. The Balaban J connectivity index is 1.49. The smallest absolute Gasteiger partial charge is 0.207 e. The lowest BCUT2D eigenvalue weighted by Gasteiger charge is -2.12. The molecule has 4 aromatic rings. The van der Waals surface area contributed by atoms with E-state index in [1.807, 2.05) is 6.92 Å². The van der Waals surface area contributed by atoms with Gasteiger partial charge in [0.25, 0.3) is 0 Å². The Kier molecular flexibility index (Phi) is 7.57. The highest BCUT2D eigenvalue weighted by Gasteiger charge is 2.37. The average Bonchev–Trinajstić information content (AvgIpc) is 2.81. The molecule has 0 fully saturated rings. The van der Waals surface area contributed by atoms with Gasteiger partial charge in [0.2, 0.25) is 0 Å². The van der Waals surface area contributed by atoms with Crippen LogP contribution in [0.1, 0.15) is 40.3 Å². The summed E-state index contributed by atoms with van der Waals surface area (Å²) in [4.78, 5) is 0. The number of benzene rings is 4. The Morgan fingerprint density at radius 1 is 0.595 bits per heavy atom. The van der Waals surface area contributed by atoms with Crippen molar-refractivity contribution in [3.05, 3.63) is 117 Å². The number of halogens is 8. The molecule has 0 aliphatic heterocycles. The Bertz CT molecular complexity index is 1410. The van der Waals surface area contributed by atoms with Crippen molar-refractivity contribution in [3.8, 4) is 0 Å². The van der Waals surface area contributed by atoms with E-state index in [4.69, 9.17) is 0 Å². The van der Waals surface area contributed by atoms with Crippen LogP contribution in [0.5, 0.6) is 0 Å². The third-order valence-corrected chi connectivity index (χ3v) is 6.44. The molecule has 0 unspecified atom stereocenters. The summed E-state index contributed by atoms with van der Waals surface area (Å²) in [6.07, 6.45) is -4.22. The first-order chi connectivity index (χ1) is 17.5. The van der Waals surface area contributed by atoms with Crippen LogP contribution in [-0.2, 0) is 38.3 Å². The van der Waals surface area contributed by atoms with Gasteiger partial charge in [0, 0.05) is 10.9 Å². The van der Waals surface area contributed by atoms with Crippen LogP contribution in [-0.4, -0.2) is 0 Å². The fourth-order valence-corrected chi connectivity index (χ4v) is 4.42. The molecule has 4 aromatic carbocycles. The maximum atomic E-state index is 15.1. The van der Waals surface area contributed by atoms with E-state index in [1.54, 1.807) is 24.3 Å².